The second kappa shape index (κ2) is 7.35. The zero-order chi connectivity index (χ0) is 19.7. The Bertz CT molecular complexity index is 1050. The lowest BCUT2D eigenvalue weighted by Gasteiger charge is -2.22. The minimum atomic E-state index is -3.59. The number of nitrogens with zero attached hydrogens (tertiary/aromatic N) is 2. The van der Waals surface area contributed by atoms with E-state index < -0.39 is 10.0 Å². The van der Waals surface area contributed by atoms with Gasteiger partial charge >= 0.3 is 0 Å². The highest BCUT2D eigenvalue weighted by Crippen LogP contribution is 2.29. The van der Waals surface area contributed by atoms with Crippen LogP contribution in [-0.4, -0.2) is 37.6 Å². The third-order valence-corrected chi connectivity index (χ3v) is 6.26. The van der Waals surface area contributed by atoms with E-state index in [0.717, 1.165) is 12.8 Å². The number of benzene rings is 2. The molecular formula is C20H20FN3O3S. The summed E-state index contributed by atoms with van der Waals surface area (Å²) in [7, 11) is -3.59. The topological polar surface area (TPSA) is 78.8 Å². The monoisotopic (exact) mass is 401 g/mol. The molecule has 0 saturated heterocycles. The van der Waals surface area contributed by atoms with E-state index in [1.807, 2.05) is 0 Å². The molecule has 1 N–H and O–H groups in total. The molecule has 0 unspecified atom stereocenters. The molecule has 28 heavy (non-hydrogen) atoms. The minimum Gasteiger partial charge on any atom is -0.335 e. The lowest BCUT2D eigenvalue weighted by molar-refractivity contribution is -0.132. The molecule has 1 amide bonds. The Morgan fingerprint density at radius 3 is 2.61 bits per heavy atom. The van der Waals surface area contributed by atoms with Crippen molar-refractivity contribution >= 4 is 21.8 Å². The van der Waals surface area contributed by atoms with E-state index in [9.17, 15) is 17.6 Å². The van der Waals surface area contributed by atoms with Crippen molar-refractivity contribution in [1.29, 1.82) is 0 Å². The number of hydrogen-bond acceptors (Lipinski definition) is 4. The fourth-order valence-corrected chi connectivity index (χ4v) is 4.53. The molecule has 0 aromatic heterocycles. The second-order valence-electron chi connectivity index (χ2n) is 6.93. The Hall–Kier alpha value is -2.74. The van der Waals surface area contributed by atoms with E-state index in [1.54, 1.807) is 41.3 Å². The van der Waals surface area contributed by atoms with Crippen LogP contribution in [0.3, 0.4) is 0 Å². The first-order chi connectivity index (χ1) is 13.5. The molecule has 2 aromatic carbocycles. The number of nitrogens with one attached hydrogen (secondary N) is 1. The quantitative estimate of drug-likeness (QED) is 0.808. The normalized spacial score (nSPS) is 18.5. The van der Waals surface area contributed by atoms with Crippen molar-refractivity contribution in [3.05, 3.63) is 65.5 Å². The first-order valence-electron chi connectivity index (χ1n) is 9.15. The molecular weight excluding hydrogens is 381 g/mol. The fourth-order valence-electron chi connectivity index (χ4n) is 3.28. The van der Waals surface area contributed by atoms with E-state index in [-0.39, 0.29) is 48.0 Å². The predicted octanol–water partition coefficient (Wildman–Crippen LogP) is 2.45. The molecule has 1 aliphatic heterocycles. The van der Waals surface area contributed by atoms with Crippen LogP contribution in [-0.2, 0) is 21.4 Å². The highest BCUT2D eigenvalue weighted by Gasteiger charge is 2.33. The van der Waals surface area contributed by atoms with Crippen LogP contribution in [0.15, 0.2) is 58.4 Å². The number of fused-ring (bicyclic) bond motifs is 1. The highest BCUT2D eigenvalue weighted by atomic mass is 32.2. The standard InChI is InChI=1S/C20H20FN3O3S/c21-17-7-3-1-5-14(17)13-24(15-9-10-15)19(25)11-12-22-20-16-6-2-4-8-18(16)28(26,27)23-20/h1-8,15H,9-13H2,(H,22,23). The molecule has 1 fully saturated rings. The van der Waals surface area contributed by atoms with Gasteiger partial charge in [0.1, 0.15) is 11.7 Å². The summed E-state index contributed by atoms with van der Waals surface area (Å²) in [6.45, 7) is 0.397. The largest absolute Gasteiger partial charge is 0.335 e. The van der Waals surface area contributed by atoms with Crippen molar-refractivity contribution < 1.29 is 17.6 Å². The maximum Gasteiger partial charge on any atom is 0.263 e. The summed E-state index contributed by atoms with van der Waals surface area (Å²) in [6, 6.07) is 13.2. The van der Waals surface area contributed by atoms with Gasteiger partial charge in [0.25, 0.3) is 10.0 Å². The van der Waals surface area contributed by atoms with Crippen LogP contribution in [0.5, 0.6) is 0 Å². The fraction of sp³-hybridized carbons (Fsp3) is 0.300. The van der Waals surface area contributed by atoms with Crippen molar-refractivity contribution in [2.24, 2.45) is 4.99 Å². The molecule has 8 heteroatoms. The maximum absolute atomic E-state index is 13.9. The summed E-state index contributed by atoms with van der Waals surface area (Å²) in [4.78, 5) is 18.9. The molecule has 0 radical (unpaired) electrons. The molecule has 146 valence electrons. The van der Waals surface area contributed by atoms with Gasteiger partial charge in [-0.05, 0) is 31.0 Å². The van der Waals surface area contributed by atoms with Crippen LogP contribution < -0.4 is 4.72 Å². The molecule has 0 spiro atoms. The third kappa shape index (κ3) is 3.77. The second-order valence-corrected chi connectivity index (χ2v) is 8.58. The average molecular weight is 401 g/mol. The number of amidine groups is 1. The maximum atomic E-state index is 13.9. The number of halogens is 1. The number of amides is 1. The van der Waals surface area contributed by atoms with Gasteiger partial charge in [-0.2, -0.15) is 0 Å². The Morgan fingerprint density at radius 2 is 1.86 bits per heavy atom. The molecule has 0 bridgehead atoms. The lowest BCUT2D eigenvalue weighted by Crippen LogP contribution is -2.33. The zero-order valence-electron chi connectivity index (χ0n) is 15.1. The molecule has 4 rings (SSSR count). The Labute approximate surface area is 163 Å². The molecule has 1 aliphatic carbocycles. The summed E-state index contributed by atoms with van der Waals surface area (Å²) in [5, 5.41) is 0. The van der Waals surface area contributed by atoms with Crippen molar-refractivity contribution in [1.82, 2.24) is 9.62 Å². The van der Waals surface area contributed by atoms with Gasteiger partial charge in [0, 0.05) is 30.1 Å². The Kier molecular flexibility index (Phi) is 4.89. The van der Waals surface area contributed by atoms with Crippen LogP contribution in [0.4, 0.5) is 4.39 Å². The number of carbonyl (C=O) groups is 1. The number of sulfonamides is 1. The smallest absolute Gasteiger partial charge is 0.263 e. The minimum absolute atomic E-state index is 0.107. The van der Waals surface area contributed by atoms with Crippen molar-refractivity contribution in [2.75, 3.05) is 6.54 Å². The Balaban J connectivity index is 1.44. The first kappa shape index (κ1) is 18.6. The number of carbonyl (C=O) groups excluding carboxylic acids is 1. The Morgan fingerprint density at radius 1 is 1.14 bits per heavy atom. The van der Waals surface area contributed by atoms with E-state index >= 15 is 0 Å². The number of rotatable bonds is 6. The van der Waals surface area contributed by atoms with Gasteiger partial charge < -0.3 is 4.90 Å². The third-order valence-electron chi connectivity index (χ3n) is 4.86. The molecule has 2 aromatic rings. The van der Waals surface area contributed by atoms with Crippen LogP contribution in [0.2, 0.25) is 0 Å². The average Bonchev–Trinajstić information content (AvgIpc) is 3.47. The number of hydrogen-bond donors (Lipinski definition) is 1. The van der Waals surface area contributed by atoms with Crippen molar-refractivity contribution in [3.63, 3.8) is 0 Å². The zero-order valence-corrected chi connectivity index (χ0v) is 16.0. The first-order valence-corrected chi connectivity index (χ1v) is 10.6. The SMILES string of the molecule is O=C(CCN=C1NS(=O)(=O)c2ccccc21)N(Cc1ccccc1F)C1CC1. The summed E-state index contributed by atoms with van der Waals surface area (Å²) in [6.07, 6.45) is 1.97. The lowest BCUT2D eigenvalue weighted by atomic mass is 10.2. The van der Waals surface area contributed by atoms with Gasteiger partial charge in [0.2, 0.25) is 5.91 Å². The molecule has 2 aliphatic rings. The summed E-state index contributed by atoms with van der Waals surface area (Å²) in [5.74, 6) is -0.169. The van der Waals surface area contributed by atoms with Gasteiger partial charge in [-0.15, -0.1) is 0 Å². The van der Waals surface area contributed by atoms with Crippen molar-refractivity contribution in [3.8, 4) is 0 Å². The van der Waals surface area contributed by atoms with Gasteiger partial charge in [0.05, 0.1) is 11.4 Å². The summed E-state index contributed by atoms with van der Waals surface area (Å²) >= 11 is 0. The van der Waals surface area contributed by atoms with E-state index in [2.05, 4.69) is 9.71 Å². The predicted molar refractivity (Wildman–Crippen MR) is 103 cm³/mol. The van der Waals surface area contributed by atoms with E-state index in [0.29, 0.717) is 11.1 Å². The van der Waals surface area contributed by atoms with Crippen LogP contribution in [0.25, 0.3) is 0 Å². The highest BCUT2D eigenvalue weighted by molar-refractivity contribution is 7.90. The van der Waals surface area contributed by atoms with Gasteiger partial charge in [-0.25, -0.2) is 12.8 Å². The van der Waals surface area contributed by atoms with Gasteiger partial charge in [0.15, 0.2) is 0 Å². The van der Waals surface area contributed by atoms with Crippen molar-refractivity contribution in [2.45, 2.75) is 36.7 Å². The summed E-state index contributed by atoms with van der Waals surface area (Å²) < 4.78 is 40.6. The summed E-state index contributed by atoms with van der Waals surface area (Å²) in [5.41, 5.74) is 1.01. The molecule has 1 heterocycles. The van der Waals surface area contributed by atoms with Crippen LogP contribution >= 0.6 is 0 Å². The molecule has 1 saturated carbocycles. The van der Waals surface area contributed by atoms with Gasteiger partial charge in [-0.3, -0.25) is 14.5 Å². The van der Waals surface area contributed by atoms with E-state index in [4.69, 9.17) is 0 Å². The van der Waals surface area contributed by atoms with Gasteiger partial charge in [-0.1, -0.05) is 30.3 Å². The molecule has 6 nitrogen and oxygen atoms in total. The van der Waals surface area contributed by atoms with Crippen LogP contribution in [0, 0.1) is 5.82 Å². The van der Waals surface area contributed by atoms with E-state index in [1.165, 1.54) is 12.1 Å². The number of aliphatic imine (C=N–C) groups is 1. The van der Waals surface area contributed by atoms with Crippen LogP contribution in [0.1, 0.15) is 30.4 Å². The molecule has 0 atom stereocenters.